The number of ether oxygens (including phenoxy) is 2. The van der Waals surface area contributed by atoms with Crippen molar-refractivity contribution in [1.82, 2.24) is 29.7 Å². The summed E-state index contributed by atoms with van der Waals surface area (Å²) < 4.78 is 13.2. The van der Waals surface area contributed by atoms with Crippen LogP contribution in [0.15, 0.2) is 42.9 Å². The minimum Gasteiger partial charge on any atom is -0.489 e. The van der Waals surface area contributed by atoms with Crippen LogP contribution in [0.25, 0.3) is 22.6 Å². The van der Waals surface area contributed by atoms with Crippen molar-refractivity contribution in [3.63, 3.8) is 0 Å². The average Bonchev–Trinajstić information content (AvgIpc) is 3.69. The Balaban J connectivity index is 1.32. The van der Waals surface area contributed by atoms with Crippen LogP contribution in [0.3, 0.4) is 0 Å². The van der Waals surface area contributed by atoms with Crippen LogP contribution < -0.4 is 14.4 Å². The quantitative estimate of drug-likeness (QED) is 0.302. The topological polar surface area (TPSA) is 108 Å². The lowest BCUT2D eigenvalue weighted by molar-refractivity contribution is -0.119. The Hall–Kier alpha value is -4.05. The molecule has 2 aliphatic rings. The fourth-order valence-electron chi connectivity index (χ4n) is 4.78. The van der Waals surface area contributed by atoms with Gasteiger partial charge in [0.1, 0.15) is 23.3 Å². The first-order valence-corrected chi connectivity index (χ1v) is 13.4. The predicted octanol–water partition coefficient (Wildman–Crippen LogP) is 5.06. The van der Waals surface area contributed by atoms with Gasteiger partial charge in [-0.1, -0.05) is 23.7 Å². The number of carbonyl (C=O) groups excluding carboxylic acids is 1. The van der Waals surface area contributed by atoms with E-state index in [-0.39, 0.29) is 12.0 Å². The van der Waals surface area contributed by atoms with E-state index in [2.05, 4.69) is 15.0 Å². The Morgan fingerprint density at radius 3 is 2.74 bits per heavy atom. The van der Waals surface area contributed by atoms with E-state index in [1.807, 2.05) is 44.2 Å². The number of aryl methyl sites for hydroxylation is 1. The molecule has 3 aromatic heterocycles. The number of halogens is 1. The molecule has 200 valence electrons. The molecule has 0 atom stereocenters. The van der Waals surface area contributed by atoms with Crippen molar-refractivity contribution >= 4 is 23.5 Å². The van der Waals surface area contributed by atoms with Crippen LogP contribution in [0.4, 0.5) is 5.95 Å². The van der Waals surface area contributed by atoms with Crippen LogP contribution in [-0.2, 0) is 17.9 Å². The third-order valence-corrected chi connectivity index (χ3v) is 7.03. The Morgan fingerprint density at radius 2 is 2.00 bits per heavy atom. The van der Waals surface area contributed by atoms with Crippen molar-refractivity contribution in [3.05, 3.63) is 59.1 Å². The first-order chi connectivity index (χ1) is 18.9. The van der Waals surface area contributed by atoms with Crippen LogP contribution in [0.1, 0.15) is 50.3 Å². The van der Waals surface area contributed by atoms with Crippen LogP contribution in [0.5, 0.6) is 11.6 Å². The molecule has 0 bridgehead atoms. The molecule has 1 aliphatic carbocycles. The molecule has 1 aliphatic heterocycles. The molecule has 0 unspecified atom stereocenters. The van der Waals surface area contributed by atoms with Gasteiger partial charge in [0.25, 0.3) is 0 Å². The van der Waals surface area contributed by atoms with E-state index in [9.17, 15) is 4.79 Å². The van der Waals surface area contributed by atoms with Crippen LogP contribution >= 0.6 is 11.6 Å². The molecule has 1 aromatic carbocycles. The molecule has 1 amide bonds. The fraction of sp³-hybridized carbons (Fsp3) is 0.357. The lowest BCUT2D eigenvalue weighted by Crippen LogP contribution is -2.37. The Labute approximate surface area is 231 Å². The van der Waals surface area contributed by atoms with Crippen molar-refractivity contribution in [2.75, 3.05) is 12.0 Å². The summed E-state index contributed by atoms with van der Waals surface area (Å²) in [5.74, 6) is 2.36. The number of amides is 1. The number of rotatable bonds is 8. The molecule has 10 nitrogen and oxygen atoms in total. The van der Waals surface area contributed by atoms with E-state index in [1.165, 1.54) is 6.33 Å². The number of pyridine rings is 1. The number of anilines is 1. The van der Waals surface area contributed by atoms with Gasteiger partial charge in [0.05, 0.1) is 37.0 Å². The Bertz CT molecular complexity index is 1550. The molecule has 39 heavy (non-hydrogen) atoms. The molecule has 1 saturated carbocycles. The number of methoxy groups -OCH3 is 1. The molecular weight excluding hydrogens is 518 g/mol. The number of fused-ring (bicyclic) bond motifs is 1. The van der Waals surface area contributed by atoms with Gasteiger partial charge < -0.3 is 9.47 Å². The van der Waals surface area contributed by atoms with Crippen molar-refractivity contribution in [3.8, 4) is 34.3 Å². The monoisotopic (exact) mass is 545 g/mol. The minimum absolute atomic E-state index is 0.00104. The molecule has 0 saturated heterocycles. The molecule has 6 rings (SSSR count). The second kappa shape index (κ2) is 10.3. The van der Waals surface area contributed by atoms with Crippen molar-refractivity contribution in [1.29, 1.82) is 0 Å². The zero-order valence-electron chi connectivity index (χ0n) is 22.0. The molecule has 4 heterocycles. The predicted molar refractivity (Wildman–Crippen MR) is 146 cm³/mol. The third-order valence-electron chi connectivity index (χ3n) is 6.72. The van der Waals surface area contributed by atoms with E-state index < -0.39 is 0 Å². The maximum Gasteiger partial charge on any atom is 0.231 e. The first kappa shape index (κ1) is 25.2. The second-order valence-electron chi connectivity index (χ2n) is 9.94. The third kappa shape index (κ3) is 4.92. The van der Waals surface area contributed by atoms with Crippen molar-refractivity contribution in [2.45, 2.75) is 58.2 Å². The van der Waals surface area contributed by atoms with Gasteiger partial charge in [-0.3, -0.25) is 14.7 Å². The standard InChI is InChI=1S/C28H28ClN7O3/c1-16(2)39-21-5-4-11-30-25(21)19-9-6-17(13-20(19)29)14-35-22(37)10-12-36-28(35)33-26(34-36)23-24(18-7-8-18)31-15-32-27(23)38-3/h4-6,9,11,13,15-16,18H,7-8,10,12,14H2,1-3H3. The lowest BCUT2D eigenvalue weighted by Gasteiger charge is -2.26. The highest BCUT2D eigenvalue weighted by molar-refractivity contribution is 6.33. The zero-order chi connectivity index (χ0) is 27.1. The zero-order valence-corrected chi connectivity index (χ0v) is 22.7. The van der Waals surface area contributed by atoms with Gasteiger partial charge in [-0.15, -0.1) is 5.10 Å². The Kier molecular flexibility index (Phi) is 6.64. The van der Waals surface area contributed by atoms with E-state index >= 15 is 0 Å². The summed E-state index contributed by atoms with van der Waals surface area (Å²) in [4.78, 5) is 32.8. The van der Waals surface area contributed by atoms with E-state index in [1.54, 1.807) is 22.9 Å². The Morgan fingerprint density at radius 1 is 1.15 bits per heavy atom. The van der Waals surface area contributed by atoms with Crippen LogP contribution in [-0.4, -0.2) is 48.8 Å². The highest BCUT2D eigenvalue weighted by Gasteiger charge is 2.34. The van der Waals surface area contributed by atoms with Gasteiger partial charge >= 0.3 is 0 Å². The van der Waals surface area contributed by atoms with Crippen molar-refractivity contribution < 1.29 is 14.3 Å². The summed E-state index contributed by atoms with van der Waals surface area (Å²) in [5, 5.41) is 5.25. The lowest BCUT2D eigenvalue weighted by atomic mass is 10.1. The molecule has 0 radical (unpaired) electrons. The minimum atomic E-state index is -0.0299. The number of hydrogen-bond donors (Lipinski definition) is 0. The number of nitrogens with zero attached hydrogens (tertiary/aromatic N) is 7. The molecule has 4 aromatic rings. The van der Waals surface area contributed by atoms with Crippen LogP contribution in [0, 0.1) is 0 Å². The van der Waals surface area contributed by atoms with E-state index in [4.69, 9.17) is 31.2 Å². The van der Waals surface area contributed by atoms with E-state index in [0.717, 1.165) is 29.7 Å². The summed E-state index contributed by atoms with van der Waals surface area (Å²) in [7, 11) is 1.57. The SMILES string of the molecule is COc1ncnc(C2CC2)c1-c1nc2n(n1)CCC(=O)N2Cc1ccc(-c2ncccc2OC(C)C)c(Cl)c1. The van der Waals surface area contributed by atoms with Crippen molar-refractivity contribution in [2.24, 2.45) is 0 Å². The number of carbonyl (C=O) groups is 1. The molecule has 11 heteroatoms. The summed E-state index contributed by atoms with van der Waals surface area (Å²) >= 11 is 6.74. The number of hydrogen-bond acceptors (Lipinski definition) is 8. The number of benzene rings is 1. The smallest absolute Gasteiger partial charge is 0.231 e. The van der Waals surface area contributed by atoms with Gasteiger partial charge in [-0.2, -0.15) is 4.98 Å². The van der Waals surface area contributed by atoms with Gasteiger partial charge in [-0.25, -0.2) is 14.6 Å². The van der Waals surface area contributed by atoms with Gasteiger partial charge in [0, 0.05) is 24.1 Å². The molecule has 0 N–H and O–H groups in total. The normalized spacial score (nSPS) is 15.0. The fourth-order valence-corrected chi connectivity index (χ4v) is 5.08. The van der Waals surface area contributed by atoms with Gasteiger partial charge in [0.2, 0.25) is 17.7 Å². The maximum absolute atomic E-state index is 13.1. The summed E-state index contributed by atoms with van der Waals surface area (Å²) in [5.41, 5.74) is 3.87. The van der Waals surface area contributed by atoms with Gasteiger partial charge in [0.15, 0.2) is 5.82 Å². The molecule has 1 fully saturated rings. The number of aromatic nitrogens is 6. The van der Waals surface area contributed by atoms with Crippen LogP contribution in [0.2, 0.25) is 5.02 Å². The second-order valence-corrected chi connectivity index (χ2v) is 10.3. The largest absolute Gasteiger partial charge is 0.489 e. The van der Waals surface area contributed by atoms with E-state index in [0.29, 0.717) is 65.1 Å². The molecule has 0 spiro atoms. The highest BCUT2D eigenvalue weighted by atomic mass is 35.5. The summed E-state index contributed by atoms with van der Waals surface area (Å²) in [6, 6.07) is 9.42. The average molecular weight is 546 g/mol. The summed E-state index contributed by atoms with van der Waals surface area (Å²) in [6.07, 6.45) is 5.67. The maximum atomic E-state index is 13.1. The highest BCUT2D eigenvalue weighted by Crippen LogP contribution is 2.45. The first-order valence-electron chi connectivity index (χ1n) is 13.0. The van der Waals surface area contributed by atoms with Gasteiger partial charge in [-0.05, 0) is 50.5 Å². The molecular formula is C28H28ClN7O3. The summed E-state index contributed by atoms with van der Waals surface area (Å²) in [6.45, 7) is 4.68.